The van der Waals surface area contributed by atoms with E-state index < -0.39 is 17.5 Å². The topological polar surface area (TPSA) is 86.5 Å². The van der Waals surface area contributed by atoms with E-state index >= 15 is 0 Å². The summed E-state index contributed by atoms with van der Waals surface area (Å²) in [4.78, 5) is 16.3. The fraction of sp³-hybridized carbons (Fsp3) is 0.364. The third kappa shape index (κ3) is 5.44. The average molecular weight is 540 g/mol. The number of ether oxygens (including phenoxy) is 2. The second-order valence-corrected chi connectivity index (χ2v) is 11.0. The molecule has 208 valence electrons. The Morgan fingerprint density at radius 1 is 0.975 bits per heavy atom. The van der Waals surface area contributed by atoms with E-state index in [4.69, 9.17) is 9.47 Å². The highest BCUT2D eigenvalue weighted by molar-refractivity contribution is 5.70. The molecule has 2 unspecified atom stereocenters. The highest BCUT2D eigenvalue weighted by Crippen LogP contribution is 2.48. The molecule has 5 rings (SSSR count). The average Bonchev–Trinajstić information content (AvgIpc) is 3.50. The molecule has 1 N–H and O–H groups in total. The normalized spacial score (nSPS) is 23.1. The lowest BCUT2D eigenvalue weighted by molar-refractivity contribution is -0.159. The van der Waals surface area contributed by atoms with Gasteiger partial charge in [0.15, 0.2) is 0 Å². The molecule has 7 nitrogen and oxygen atoms in total. The molecule has 1 heterocycles. The van der Waals surface area contributed by atoms with Gasteiger partial charge in [0.1, 0.15) is 18.3 Å². The van der Waals surface area contributed by atoms with Crippen LogP contribution in [0.25, 0.3) is 0 Å². The first-order valence-corrected chi connectivity index (χ1v) is 13.9. The van der Waals surface area contributed by atoms with E-state index in [1.165, 1.54) is 6.33 Å². The van der Waals surface area contributed by atoms with Crippen molar-refractivity contribution in [3.05, 3.63) is 120 Å². The molecule has 0 amide bonds. The number of hydrogen-bond acceptors (Lipinski definition) is 5. The van der Waals surface area contributed by atoms with Gasteiger partial charge in [0.05, 0.1) is 12.0 Å². The minimum Gasteiger partial charge on any atom is -0.481 e. The first-order valence-electron chi connectivity index (χ1n) is 13.9. The lowest BCUT2D eigenvalue weighted by Gasteiger charge is -2.48. The monoisotopic (exact) mass is 539 g/mol. The molecule has 7 heteroatoms. The second kappa shape index (κ2) is 12.1. The molecule has 1 fully saturated rings. The largest absolute Gasteiger partial charge is 0.481 e. The maximum atomic E-state index is 12.3. The van der Waals surface area contributed by atoms with Crippen LogP contribution in [0.4, 0.5) is 0 Å². The molecule has 0 bridgehead atoms. The lowest BCUT2D eigenvalue weighted by atomic mass is 9.62. The van der Waals surface area contributed by atoms with Crippen molar-refractivity contribution < 1.29 is 19.4 Å². The van der Waals surface area contributed by atoms with Crippen molar-refractivity contribution >= 4 is 5.97 Å². The molecule has 40 heavy (non-hydrogen) atoms. The fourth-order valence-electron chi connectivity index (χ4n) is 6.57. The first-order chi connectivity index (χ1) is 19.5. The molecule has 0 spiro atoms. The molecule has 1 saturated carbocycles. The molecule has 3 aromatic carbocycles. The number of hydrogen-bond donors (Lipinski definition) is 1. The van der Waals surface area contributed by atoms with Crippen LogP contribution < -0.4 is 0 Å². The zero-order valence-electron chi connectivity index (χ0n) is 23.1. The van der Waals surface area contributed by atoms with E-state index in [0.29, 0.717) is 26.0 Å². The predicted octanol–water partition coefficient (Wildman–Crippen LogP) is 5.81. The Labute approximate surface area is 235 Å². The summed E-state index contributed by atoms with van der Waals surface area (Å²) in [6.07, 6.45) is 4.84. The van der Waals surface area contributed by atoms with Gasteiger partial charge < -0.3 is 14.6 Å². The standard InChI is InChI=1S/C33H37N3O4/c1-32(19-18-28(31(37)38)29(30(32)39-2)22-36-24-34-23-35-36)20-21-40-33(25-12-6-3-7-13-25,26-14-8-4-9-15-26)27-16-10-5-11-17-27/h3-17,23-24,28-30H,18-22H2,1-2H3,(H,37,38)/t28?,29?,30-,32+/m1/s1. The number of benzene rings is 3. The fourth-order valence-corrected chi connectivity index (χ4v) is 6.57. The van der Waals surface area contributed by atoms with E-state index in [1.54, 1.807) is 18.1 Å². The molecule has 1 aliphatic rings. The number of carboxylic acids is 1. The number of nitrogens with zero attached hydrogens (tertiary/aromatic N) is 3. The zero-order valence-corrected chi connectivity index (χ0v) is 23.1. The third-order valence-corrected chi connectivity index (χ3v) is 8.59. The Bertz CT molecular complexity index is 1250. The van der Waals surface area contributed by atoms with Crippen molar-refractivity contribution in [1.29, 1.82) is 0 Å². The van der Waals surface area contributed by atoms with Crippen LogP contribution in [0.15, 0.2) is 104 Å². The molecule has 0 radical (unpaired) electrons. The molecular weight excluding hydrogens is 502 g/mol. The van der Waals surface area contributed by atoms with Crippen molar-refractivity contribution in [2.75, 3.05) is 13.7 Å². The van der Waals surface area contributed by atoms with E-state index in [-0.39, 0.29) is 17.4 Å². The molecule has 1 aliphatic carbocycles. The number of carboxylic acid groups (broad SMARTS) is 1. The lowest BCUT2D eigenvalue weighted by Crippen LogP contribution is -2.51. The van der Waals surface area contributed by atoms with Crippen LogP contribution in [0.3, 0.4) is 0 Å². The quantitative estimate of drug-likeness (QED) is 0.242. The van der Waals surface area contributed by atoms with Gasteiger partial charge in [-0.05, 0) is 41.4 Å². The smallest absolute Gasteiger partial charge is 0.306 e. The Balaban J connectivity index is 1.47. The van der Waals surface area contributed by atoms with Crippen LogP contribution in [0.2, 0.25) is 0 Å². The van der Waals surface area contributed by atoms with Crippen LogP contribution in [0, 0.1) is 17.3 Å². The summed E-state index contributed by atoms with van der Waals surface area (Å²) in [5.41, 5.74) is 2.07. The predicted molar refractivity (Wildman–Crippen MR) is 153 cm³/mol. The Hall–Kier alpha value is -3.81. The van der Waals surface area contributed by atoms with E-state index in [1.807, 2.05) is 54.6 Å². The highest BCUT2D eigenvalue weighted by Gasteiger charge is 2.49. The van der Waals surface area contributed by atoms with Crippen molar-refractivity contribution in [3.63, 3.8) is 0 Å². The van der Waals surface area contributed by atoms with Crippen LogP contribution in [0.1, 0.15) is 42.9 Å². The third-order valence-electron chi connectivity index (χ3n) is 8.59. The van der Waals surface area contributed by atoms with Gasteiger partial charge in [0.2, 0.25) is 0 Å². The SMILES string of the molecule is CO[C@@H]1C(Cn2cncn2)C(C(=O)O)CC[C@@]1(C)CCOC(c1ccccc1)(c1ccccc1)c1ccccc1. The molecule has 1 aromatic heterocycles. The Kier molecular flexibility index (Phi) is 8.43. The van der Waals surface area contributed by atoms with Gasteiger partial charge in [0.25, 0.3) is 0 Å². The van der Waals surface area contributed by atoms with Gasteiger partial charge in [-0.1, -0.05) is 97.9 Å². The summed E-state index contributed by atoms with van der Waals surface area (Å²) in [6.45, 7) is 3.10. The summed E-state index contributed by atoms with van der Waals surface area (Å²) in [7, 11) is 1.69. The molecule has 4 aromatic rings. The first kappa shape index (κ1) is 27.7. The molecular formula is C33H37N3O4. The summed E-state index contributed by atoms with van der Waals surface area (Å²) in [5.74, 6) is -1.55. The summed E-state index contributed by atoms with van der Waals surface area (Å²) < 4.78 is 14.9. The van der Waals surface area contributed by atoms with Gasteiger partial charge in [0, 0.05) is 26.2 Å². The summed E-state index contributed by atoms with van der Waals surface area (Å²) in [5, 5.41) is 14.3. The van der Waals surface area contributed by atoms with Gasteiger partial charge >= 0.3 is 5.97 Å². The number of rotatable bonds is 11. The Morgan fingerprint density at radius 3 is 1.98 bits per heavy atom. The van der Waals surface area contributed by atoms with Crippen LogP contribution in [0.5, 0.6) is 0 Å². The number of carbonyl (C=O) groups is 1. The number of methoxy groups -OCH3 is 1. The van der Waals surface area contributed by atoms with E-state index in [0.717, 1.165) is 23.1 Å². The molecule has 4 atom stereocenters. The molecule has 0 aliphatic heterocycles. The maximum Gasteiger partial charge on any atom is 0.306 e. The zero-order chi connectivity index (χ0) is 28.0. The highest BCUT2D eigenvalue weighted by atomic mass is 16.5. The number of aromatic nitrogens is 3. The van der Waals surface area contributed by atoms with Crippen molar-refractivity contribution in [3.8, 4) is 0 Å². The minimum absolute atomic E-state index is 0.245. The maximum absolute atomic E-state index is 12.3. The van der Waals surface area contributed by atoms with Crippen molar-refractivity contribution in [1.82, 2.24) is 14.8 Å². The van der Waals surface area contributed by atoms with Crippen LogP contribution in [-0.4, -0.2) is 45.7 Å². The van der Waals surface area contributed by atoms with Gasteiger partial charge in [-0.15, -0.1) is 0 Å². The summed E-state index contributed by atoms with van der Waals surface area (Å²) in [6, 6.07) is 31.0. The Morgan fingerprint density at radius 2 is 1.52 bits per heavy atom. The van der Waals surface area contributed by atoms with Crippen LogP contribution >= 0.6 is 0 Å². The minimum atomic E-state index is -0.804. The van der Waals surface area contributed by atoms with Gasteiger partial charge in [-0.3, -0.25) is 9.48 Å². The van der Waals surface area contributed by atoms with Gasteiger partial charge in [-0.2, -0.15) is 5.10 Å². The van der Waals surface area contributed by atoms with E-state index in [2.05, 4.69) is 53.4 Å². The van der Waals surface area contributed by atoms with Crippen molar-refractivity contribution in [2.24, 2.45) is 17.3 Å². The van der Waals surface area contributed by atoms with E-state index in [9.17, 15) is 9.90 Å². The molecule has 0 saturated heterocycles. The second-order valence-electron chi connectivity index (χ2n) is 11.0. The number of aliphatic carboxylic acids is 1. The van der Waals surface area contributed by atoms with Gasteiger partial charge in [-0.25, -0.2) is 4.98 Å². The van der Waals surface area contributed by atoms with Crippen molar-refractivity contribution in [2.45, 2.75) is 44.4 Å². The van der Waals surface area contributed by atoms with Crippen LogP contribution in [-0.2, 0) is 26.4 Å². The summed E-state index contributed by atoms with van der Waals surface area (Å²) >= 11 is 0.